The monoisotopic (exact) mass is 181 g/mol. The molecule has 2 heteroatoms. The Morgan fingerprint density at radius 1 is 1.38 bits per heavy atom. The Bertz CT molecular complexity index is 224. The van der Waals surface area contributed by atoms with E-state index >= 15 is 0 Å². The molecular weight excluding hydrogens is 162 g/mol. The minimum Gasteiger partial charge on any atom is -0.337 e. The van der Waals surface area contributed by atoms with Crippen molar-refractivity contribution in [3.63, 3.8) is 0 Å². The zero-order chi connectivity index (χ0) is 9.59. The van der Waals surface area contributed by atoms with Crippen LogP contribution in [-0.2, 0) is 4.79 Å². The van der Waals surface area contributed by atoms with Crippen LogP contribution in [0.3, 0.4) is 0 Å². The molecule has 2 heterocycles. The summed E-state index contributed by atoms with van der Waals surface area (Å²) in [6, 6.07) is 1.15. The minimum atomic E-state index is 0.288. The third kappa shape index (κ3) is 1.27. The fourth-order valence-electron chi connectivity index (χ4n) is 3.24. The summed E-state index contributed by atoms with van der Waals surface area (Å²) in [6.07, 6.45) is 3.74. The standard InChI is InChI=1S/C11H19NO/c1-7(2)10-6-9-4-5-11(10)12(9)8(3)13/h7,9-11H,4-6H2,1-3H3. The van der Waals surface area contributed by atoms with Crippen molar-refractivity contribution in [1.82, 2.24) is 4.90 Å². The summed E-state index contributed by atoms with van der Waals surface area (Å²) in [5.74, 6) is 1.79. The van der Waals surface area contributed by atoms with E-state index in [0.717, 1.165) is 11.8 Å². The molecule has 0 aliphatic carbocycles. The van der Waals surface area contributed by atoms with E-state index in [-0.39, 0.29) is 5.91 Å². The Balaban J connectivity index is 2.15. The summed E-state index contributed by atoms with van der Waals surface area (Å²) in [5, 5.41) is 0. The average molecular weight is 181 g/mol. The fourth-order valence-corrected chi connectivity index (χ4v) is 3.24. The predicted octanol–water partition coefficient (Wildman–Crippen LogP) is 2.04. The maximum Gasteiger partial charge on any atom is 0.219 e. The van der Waals surface area contributed by atoms with Gasteiger partial charge in [0.2, 0.25) is 5.91 Å². The van der Waals surface area contributed by atoms with Gasteiger partial charge in [0.25, 0.3) is 0 Å². The maximum absolute atomic E-state index is 11.4. The number of amides is 1. The highest BCUT2D eigenvalue weighted by molar-refractivity contribution is 5.74. The van der Waals surface area contributed by atoms with Crippen molar-refractivity contribution in [2.45, 2.75) is 52.1 Å². The van der Waals surface area contributed by atoms with Crippen molar-refractivity contribution in [3.8, 4) is 0 Å². The lowest BCUT2D eigenvalue weighted by atomic mass is 9.82. The van der Waals surface area contributed by atoms with E-state index in [0.29, 0.717) is 12.1 Å². The van der Waals surface area contributed by atoms with Crippen LogP contribution in [0.2, 0.25) is 0 Å². The van der Waals surface area contributed by atoms with E-state index < -0.39 is 0 Å². The lowest BCUT2D eigenvalue weighted by Gasteiger charge is -2.25. The molecule has 0 saturated carbocycles. The van der Waals surface area contributed by atoms with Gasteiger partial charge in [-0.25, -0.2) is 0 Å². The highest BCUT2D eigenvalue weighted by atomic mass is 16.2. The molecule has 0 aromatic rings. The first-order chi connectivity index (χ1) is 6.11. The number of carbonyl (C=O) groups excluding carboxylic acids is 1. The lowest BCUT2D eigenvalue weighted by molar-refractivity contribution is -0.130. The Kier molecular flexibility index (Phi) is 2.09. The summed E-state index contributed by atoms with van der Waals surface area (Å²) in [7, 11) is 0. The number of carbonyl (C=O) groups is 1. The zero-order valence-corrected chi connectivity index (χ0v) is 8.79. The number of nitrogens with zero attached hydrogens (tertiary/aromatic N) is 1. The van der Waals surface area contributed by atoms with Crippen molar-refractivity contribution >= 4 is 5.91 Å². The van der Waals surface area contributed by atoms with Gasteiger partial charge in [0.15, 0.2) is 0 Å². The molecule has 3 unspecified atom stereocenters. The van der Waals surface area contributed by atoms with E-state index in [9.17, 15) is 4.79 Å². The van der Waals surface area contributed by atoms with Crippen LogP contribution < -0.4 is 0 Å². The van der Waals surface area contributed by atoms with E-state index in [2.05, 4.69) is 18.7 Å². The highest BCUT2D eigenvalue weighted by Gasteiger charge is 2.47. The van der Waals surface area contributed by atoms with Gasteiger partial charge < -0.3 is 4.90 Å². The molecule has 2 aliphatic rings. The SMILES string of the molecule is CC(=O)N1C2CCC1C(C(C)C)C2. The molecule has 0 N–H and O–H groups in total. The Labute approximate surface area is 80.3 Å². The molecule has 0 aromatic heterocycles. The van der Waals surface area contributed by atoms with Gasteiger partial charge in [0.1, 0.15) is 0 Å². The number of fused-ring (bicyclic) bond motifs is 2. The molecule has 0 aromatic carbocycles. The van der Waals surface area contributed by atoms with Crippen LogP contribution in [0.4, 0.5) is 0 Å². The summed E-state index contributed by atoms with van der Waals surface area (Å²) in [4.78, 5) is 13.5. The molecule has 0 radical (unpaired) electrons. The maximum atomic E-state index is 11.4. The number of hydrogen-bond acceptors (Lipinski definition) is 1. The van der Waals surface area contributed by atoms with Crippen LogP contribution in [0.15, 0.2) is 0 Å². The largest absolute Gasteiger partial charge is 0.337 e. The predicted molar refractivity (Wildman–Crippen MR) is 52.3 cm³/mol. The molecule has 74 valence electrons. The van der Waals surface area contributed by atoms with Gasteiger partial charge in [0, 0.05) is 19.0 Å². The van der Waals surface area contributed by atoms with Gasteiger partial charge in [-0.3, -0.25) is 4.79 Å². The van der Waals surface area contributed by atoms with Crippen LogP contribution in [-0.4, -0.2) is 22.9 Å². The third-order valence-electron chi connectivity index (χ3n) is 3.80. The number of rotatable bonds is 1. The molecule has 13 heavy (non-hydrogen) atoms. The van der Waals surface area contributed by atoms with Gasteiger partial charge in [-0.05, 0) is 31.1 Å². The first-order valence-electron chi connectivity index (χ1n) is 5.40. The van der Waals surface area contributed by atoms with Crippen molar-refractivity contribution in [3.05, 3.63) is 0 Å². The van der Waals surface area contributed by atoms with Crippen LogP contribution in [0.25, 0.3) is 0 Å². The van der Waals surface area contributed by atoms with E-state index in [4.69, 9.17) is 0 Å². The van der Waals surface area contributed by atoms with E-state index in [1.54, 1.807) is 6.92 Å². The van der Waals surface area contributed by atoms with Gasteiger partial charge in [-0.15, -0.1) is 0 Å². The molecule has 2 saturated heterocycles. The Morgan fingerprint density at radius 2 is 2.08 bits per heavy atom. The lowest BCUT2D eigenvalue weighted by Crippen LogP contribution is -2.35. The second kappa shape index (κ2) is 3.00. The summed E-state index contributed by atoms with van der Waals surface area (Å²) in [6.45, 7) is 6.28. The van der Waals surface area contributed by atoms with Crippen molar-refractivity contribution < 1.29 is 4.79 Å². The zero-order valence-electron chi connectivity index (χ0n) is 8.79. The fraction of sp³-hybridized carbons (Fsp3) is 0.909. The summed E-state index contributed by atoms with van der Waals surface area (Å²) < 4.78 is 0. The second-order valence-electron chi connectivity index (χ2n) is 4.87. The minimum absolute atomic E-state index is 0.288. The molecule has 2 aliphatic heterocycles. The molecule has 3 atom stereocenters. The number of hydrogen-bond donors (Lipinski definition) is 0. The van der Waals surface area contributed by atoms with Crippen molar-refractivity contribution in [2.75, 3.05) is 0 Å². The average Bonchev–Trinajstić information content (AvgIpc) is 2.58. The first kappa shape index (κ1) is 9.04. The molecule has 2 nitrogen and oxygen atoms in total. The van der Waals surface area contributed by atoms with Gasteiger partial charge in [-0.1, -0.05) is 13.8 Å². The molecule has 2 rings (SSSR count). The molecule has 2 fully saturated rings. The summed E-state index contributed by atoms with van der Waals surface area (Å²) >= 11 is 0. The van der Waals surface area contributed by atoms with Crippen molar-refractivity contribution in [2.24, 2.45) is 11.8 Å². The first-order valence-corrected chi connectivity index (χ1v) is 5.40. The van der Waals surface area contributed by atoms with E-state index in [1.807, 2.05) is 0 Å². The topological polar surface area (TPSA) is 20.3 Å². The Hall–Kier alpha value is -0.530. The van der Waals surface area contributed by atoms with Crippen LogP contribution in [0.5, 0.6) is 0 Å². The second-order valence-corrected chi connectivity index (χ2v) is 4.87. The molecule has 1 amide bonds. The quantitative estimate of drug-likeness (QED) is 0.606. The van der Waals surface area contributed by atoms with Crippen LogP contribution >= 0.6 is 0 Å². The highest BCUT2D eigenvalue weighted by Crippen LogP contribution is 2.44. The van der Waals surface area contributed by atoms with Crippen LogP contribution in [0, 0.1) is 11.8 Å². The molecule has 0 spiro atoms. The van der Waals surface area contributed by atoms with Gasteiger partial charge in [0.05, 0.1) is 0 Å². The molecular formula is C11H19NO. The third-order valence-corrected chi connectivity index (χ3v) is 3.80. The van der Waals surface area contributed by atoms with Gasteiger partial charge >= 0.3 is 0 Å². The smallest absolute Gasteiger partial charge is 0.219 e. The summed E-state index contributed by atoms with van der Waals surface area (Å²) in [5.41, 5.74) is 0. The molecule has 2 bridgehead atoms. The normalized spacial score (nSPS) is 37.5. The van der Waals surface area contributed by atoms with Crippen molar-refractivity contribution in [1.29, 1.82) is 0 Å². The van der Waals surface area contributed by atoms with Crippen LogP contribution in [0.1, 0.15) is 40.0 Å². The van der Waals surface area contributed by atoms with E-state index in [1.165, 1.54) is 19.3 Å². The van der Waals surface area contributed by atoms with Gasteiger partial charge in [-0.2, -0.15) is 0 Å². The Morgan fingerprint density at radius 3 is 2.46 bits per heavy atom.